The van der Waals surface area contributed by atoms with Crippen LogP contribution in [0.1, 0.15) is 25.3 Å². The number of hydrogen-bond donors (Lipinski definition) is 1. The fourth-order valence-corrected chi connectivity index (χ4v) is 5.18. The van der Waals surface area contributed by atoms with Gasteiger partial charge < -0.3 is 49.0 Å². The van der Waals surface area contributed by atoms with Crippen molar-refractivity contribution in [3.63, 3.8) is 0 Å². The van der Waals surface area contributed by atoms with Gasteiger partial charge >= 0.3 is 45.9 Å². The van der Waals surface area contributed by atoms with Crippen molar-refractivity contribution < 1.29 is 93.8 Å². The molecule has 0 saturated carbocycles. The average Bonchev–Trinajstić information content (AvgIpc) is 2.99. The Labute approximate surface area is 308 Å². The van der Waals surface area contributed by atoms with Gasteiger partial charge in [-0.1, -0.05) is 12.1 Å². The van der Waals surface area contributed by atoms with Gasteiger partial charge in [0.15, 0.2) is 0 Å². The van der Waals surface area contributed by atoms with Gasteiger partial charge in [-0.25, -0.2) is 0 Å². The Hall–Kier alpha value is -2.02. The van der Waals surface area contributed by atoms with Crippen LogP contribution >= 0.6 is 0 Å². The number of carbonyl (C=O) groups excluding carboxylic acids is 3. The molecule has 0 aromatic heterocycles. The number of rotatable bonds is 20. The molecule has 47 heavy (non-hydrogen) atoms. The summed E-state index contributed by atoms with van der Waals surface area (Å²) in [6, 6.07) is 6.67. The summed E-state index contributed by atoms with van der Waals surface area (Å²) in [4.78, 5) is 53.0. The van der Waals surface area contributed by atoms with Gasteiger partial charge in [-0.2, -0.15) is 0 Å². The monoisotopic (exact) mass is 809 g/mol. The Morgan fingerprint density at radius 2 is 1.17 bits per heavy atom. The molecule has 2 rings (SSSR count). The Morgan fingerprint density at radius 1 is 0.723 bits per heavy atom. The second-order valence-electron chi connectivity index (χ2n) is 11.0. The second kappa shape index (κ2) is 25.0. The van der Waals surface area contributed by atoms with E-state index < -0.39 is 49.6 Å². The molecule has 1 aliphatic heterocycles. The molecule has 0 aliphatic carbocycles. The predicted molar refractivity (Wildman–Crippen MR) is 160 cm³/mol. The minimum absolute atomic E-state index is 0. The van der Waals surface area contributed by atoms with Gasteiger partial charge in [0, 0.05) is 78.6 Å². The van der Waals surface area contributed by atoms with E-state index in [1.54, 1.807) is 19.6 Å². The summed E-state index contributed by atoms with van der Waals surface area (Å²) in [5.74, 6) is -4.24. The van der Waals surface area contributed by atoms with Crippen molar-refractivity contribution in [2.24, 2.45) is 0 Å². The van der Waals surface area contributed by atoms with Crippen LogP contribution in [-0.4, -0.2) is 160 Å². The SMILES string of the molecule is CCOCCOCCOc1ccc(CCCC(C(=O)O)N2CCN(CC(=O)[O-])CCN(CC(=O)[O-])CCN(CC(=O)[O-])CC2)cc1.[Gd+3]. The van der Waals surface area contributed by atoms with Crippen LogP contribution in [-0.2, 0) is 35.1 Å². The molecule has 1 radical (unpaired) electrons. The zero-order valence-electron chi connectivity index (χ0n) is 27.0. The van der Waals surface area contributed by atoms with Crippen molar-refractivity contribution >= 4 is 23.9 Å². The average molecular weight is 809 g/mol. The van der Waals surface area contributed by atoms with Crippen LogP contribution in [0.15, 0.2) is 24.3 Å². The van der Waals surface area contributed by atoms with Gasteiger partial charge in [0.05, 0.1) is 37.7 Å². The summed E-state index contributed by atoms with van der Waals surface area (Å²) in [5.41, 5.74) is 1.01. The molecule has 1 aromatic carbocycles. The standard InChI is InChI=1S/C31H50N4O11.Gd/c1-2-44-18-19-45-20-21-46-26-8-6-25(7-9-26)4-3-5-27(31(42)43)35-16-14-33(23-29(38)39)12-10-32(22-28(36)37)11-13-34(15-17-35)24-30(40)41;/h6-9,27H,2-5,10-24H2,1H3,(H,36,37)(H,38,39)(H,40,41)(H,42,43);/q;+3/p-3. The minimum Gasteiger partial charge on any atom is -0.549 e. The number of ether oxygens (including phenoxy) is 3. The molecule has 0 bridgehead atoms. The third-order valence-corrected chi connectivity index (χ3v) is 7.59. The second-order valence-corrected chi connectivity index (χ2v) is 11.0. The molecular weight excluding hydrogens is 762 g/mol. The molecule has 0 amide bonds. The van der Waals surface area contributed by atoms with Gasteiger partial charge in [-0.15, -0.1) is 0 Å². The van der Waals surface area contributed by atoms with E-state index in [0.717, 1.165) is 5.56 Å². The summed E-state index contributed by atoms with van der Waals surface area (Å²) >= 11 is 0. The van der Waals surface area contributed by atoms with E-state index in [1.165, 1.54) is 0 Å². The summed E-state index contributed by atoms with van der Waals surface area (Å²) in [6.45, 7) is 4.80. The van der Waals surface area contributed by atoms with Gasteiger partial charge in [0.2, 0.25) is 0 Å². The maximum atomic E-state index is 12.4. The van der Waals surface area contributed by atoms with E-state index in [-0.39, 0.29) is 92.3 Å². The Kier molecular flexibility index (Phi) is 22.9. The molecule has 1 fully saturated rings. The van der Waals surface area contributed by atoms with Crippen LogP contribution in [0.2, 0.25) is 0 Å². The van der Waals surface area contributed by atoms with Gasteiger partial charge in [0.25, 0.3) is 0 Å². The van der Waals surface area contributed by atoms with Crippen molar-refractivity contribution in [1.29, 1.82) is 0 Å². The van der Waals surface area contributed by atoms with Crippen LogP contribution in [0, 0.1) is 39.9 Å². The largest absolute Gasteiger partial charge is 3.00 e. The summed E-state index contributed by atoms with van der Waals surface area (Å²) in [5, 5.41) is 44.3. The molecule has 1 atom stereocenters. The zero-order valence-corrected chi connectivity index (χ0v) is 29.3. The van der Waals surface area contributed by atoms with E-state index in [2.05, 4.69) is 0 Å². The zero-order chi connectivity index (χ0) is 33.7. The van der Waals surface area contributed by atoms with Crippen LogP contribution in [0.25, 0.3) is 0 Å². The quantitative estimate of drug-likeness (QED) is 0.127. The molecule has 0 spiro atoms. The number of aryl methyl sites for hydroxylation is 1. The molecule has 1 heterocycles. The third-order valence-electron chi connectivity index (χ3n) is 7.59. The number of carboxylic acid groups (broad SMARTS) is 4. The van der Waals surface area contributed by atoms with E-state index >= 15 is 0 Å². The van der Waals surface area contributed by atoms with Crippen molar-refractivity contribution in [3.05, 3.63) is 29.8 Å². The number of benzene rings is 1. The molecule has 1 aromatic rings. The molecule has 265 valence electrons. The summed E-state index contributed by atoms with van der Waals surface area (Å²) < 4.78 is 16.4. The van der Waals surface area contributed by atoms with Crippen LogP contribution < -0.4 is 20.1 Å². The topological polar surface area (TPSA) is 198 Å². The number of aliphatic carboxylic acids is 4. The molecule has 15 nitrogen and oxygen atoms in total. The molecular formula is C31H47GdN4O11. The smallest absolute Gasteiger partial charge is 0.549 e. The van der Waals surface area contributed by atoms with E-state index in [0.29, 0.717) is 58.0 Å². The Bertz CT molecular complexity index is 1030. The van der Waals surface area contributed by atoms with Crippen molar-refractivity contribution in [3.8, 4) is 5.75 Å². The first-order valence-corrected chi connectivity index (χ1v) is 15.7. The van der Waals surface area contributed by atoms with E-state index in [1.807, 2.05) is 31.2 Å². The van der Waals surface area contributed by atoms with Crippen LogP contribution in [0.5, 0.6) is 5.75 Å². The number of hydrogen-bond acceptors (Lipinski definition) is 14. The number of nitrogens with zero attached hydrogens (tertiary/aromatic N) is 4. The molecule has 1 N–H and O–H groups in total. The molecule has 1 aliphatic rings. The fourth-order valence-electron chi connectivity index (χ4n) is 5.18. The van der Waals surface area contributed by atoms with E-state index in [9.17, 15) is 39.6 Å². The summed E-state index contributed by atoms with van der Waals surface area (Å²) in [7, 11) is 0. The normalized spacial score (nSPS) is 16.7. The van der Waals surface area contributed by atoms with Gasteiger partial charge in [-0.3, -0.25) is 24.4 Å². The van der Waals surface area contributed by atoms with Crippen LogP contribution in [0.4, 0.5) is 0 Å². The van der Waals surface area contributed by atoms with Crippen molar-refractivity contribution in [2.75, 3.05) is 105 Å². The maximum absolute atomic E-state index is 12.4. The van der Waals surface area contributed by atoms with Crippen LogP contribution in [0.3, 0.4) is 0 Å². The number of carbonyl (C=O) groups is 4. The minimum atomic E-state index is -1.31. The first kappa shape index (κ1) is 43.0. The maximum Gasteiger partial charge on any atom is 3.00 e. The van der Waals surface area contributed by atoms with Gasteiger partial charge in [0.1, 0.15) is 18.4 Å². The fraction of sp³-hybridized carbons (Fsp3) is 0.677. The Balaban J connectivity index is 0.0000110. The Morgan fingerprint density at radius 3 is 1.62 bits per heavy atom. The van der Waals surface area contributed by atoms with Crippen molar-refractivity contribution in [1.82, 2.24) is 19.6 Å². The van der Waals surface area contributed by atoms with E-state index in [4.69, 9.17) is 14.2 Å². The molecule has 1 unspecified atom stereocenters. The summed E-state index contributed by atoms with van der Waals surface area (Å²) in [6.07, 6.45) is 1.50. The first-order valence-electron chi connectivity index (χ1n) is 15.7. The number of carboxylic acids is 4. The first-order chi connectivity index (χ1) is 22.1. The third kappa shape index (κ3) is 19.5. The molecule has 16 heteroatoms. The van der Waals surface area contributed by atoms with Gasteiger partial charge in [-0.05, 0) is 43.9 Å². The predicted octanol–water partition coefficient (Wildman–Crippen LogP) is -3.63. The molecule has 1 saturated heterocycles. The van der Waals surface area contributed by atoms with Crippen molar-refractivity contribution in [2.45, 2.75) is 32.2 Å².